The lowest BCUT2D eigenvalue weighted by atomic mass is 10.0. The summed E-state index contributed by atoms with van der Waals surface area (Å²) in [4.78, 5) is 11.0. The molecule has 0 atom stereocenters. The number of rotatable bonds is 1. The average molecular weight is 229 g/mol. The molecule has 0 aliphatic rings. The van der Waals surface area contributed by atoms with Crippen molar-refractivity contribution in [2.75, 3.05) is 0 Å². The van der Waals surface area contributed by atoms with Gasteiger partial charge in [-0.1, -0.05) is 0 Å². The van der Waals surface area contributed by atoms with Crippen LogP contribution in [0.4, 0.5) is 13.2 Å². The van der Waals surface area contributed by atoms with E-state index in [0.717, 1.165) is 6.92 Å². The standard InChI is InChI=1S/C10H6F3NO2/c1-5(15)8-3-7(10(11,12)13)2-6(4-14)9(8)16/h2-3,16H,1H3. The monoisotopic (exact) mass is 229 g/mol. The predicted octanol–water partition coefficient (Wildman–Crippen LogP) is 2.49. The Balaban J connectivity index is 3.54. The van der Waals surface area contributed by atoms with Gasteiger partial charge in [0.15, 0.2) is 5.78 Å². The molecule has 0 spiro atoms. The number of phenolic OH excluding ortho intramolecular Hbond substituents is 1. The zero-order valence-electron chi connectivity index (χ0n) is 8.09. The molecule has 1 N–H and O–H groups in total. The molecular weight excluding hydrogens is 223 g/mol. The van der Waals surface area contributed by atoms with E-state index in [4.69, 9.17) is 5.26 Å². The minimum atomic E-state index is -4.66. The van der Waals surface area contributed by atoms with E-state index in [0.29, 0.717) is 12.1 Å². The molecule has 0 aromatic heterocycles. The minimum Gasteiger partial charge on any atom is -0.506 e. The highest BCUT2D eigenvalue weighted by atomic mass is 19.4. The van der Waals surface area contributed by atoms with Gasteiger partial charge in [0.25, 0.3) is 0 Å². The molecule has 0 heterocycles. The van der Waals surface area contributed by atoms with Crippen LogP contribution in [0.1, 0.15) is 28.4 Å². The number of benzene rings is 1. The number of carbonyl (C=O) groups is 1. The van der Waals surface area contributed by atoms with Gasteiger partial charge in [-0.05, 0) is 19.1 Å². The van der Waals surface area contributed by atoms with Crippen LogP contribution in [-0.4, -0.2) is 10.9 Å². The van der Waals surface area contributed by atoms with Gasteiger partial charge in [0.1, 0.15) is 11.8 Å². The van der Waals surface area contributed by atoms with Gasteiger partial charge in [-0.3, -0.25) is 4.79 Å². The van der Waals surface area contributed by atoms with Crippen molar-refractivity contribution in [1.82, 2.24) is 0 Å². The largest absolute Gasteiger partial charge is 0.506 e. The van der Waals surface area contributed by atoms with E-state index in [2.05, 4.69) is 0 Å². The smallest absolute Gasteiger partial charge is 0.416 e. The maximum atomic E-state index is 12.4. The summed E-state index contributed by atoms with van der Waals surface area (Å²) in [7, 11) is 0. The Labute approximate surface area is 88.7 Å². The number of nitrogens with zero attached hydrogens (tertiary/aromatic N) is 1. The molecule has 1 aromatic carbocycles. The minimum absolute atomic E-state index is 0.502. The fourth-order valence-electron chi connectivity index (χ4n) is 1.15. The third-order valence-corrected chi connectivity index (χ3v) is 1.94. The van der Waals surface area contributed by atoms with E-state index < -0.39 is 34.4 Å². The molecule has 84 valence electrons. The van der Waals surface area contributed by atoms with Gasteiger partial charge in [-0.25, -0.2) is 0 Å². The van der Waals surface area contributed by atoms with E-state index in [9.17, 15) is 23.1 Å². The number of ketones is 1. The second-order valence-corrected chi connectivity index (χ2v) is 3.09. The SMILES string of the molecule is CC(=O)c1cc(C(F)(F)F)cc(C#N)c1O. The number of alkyl halides is 3. The molecule has 0 saturated heterocycles. The zero-order valence-corrected chi connectivity index (χ0v) is 8.09. The molecule has 0 aliphatic carbocycles. The summed E-state index contributed by atoms with van der Waals surface area (Å²) in [5.74, 6) is -1.46. The molecule has 0 radical (unpaired) electrons. The molecule has 0 amide bonds. The van der Waals surface area contributed by atoms with Crippen molar-refractivity contribution < 1.29 is 23.1 Å². The summed E-state index contributed by atoms with van der Waals surface area (Å²) in [5, 5.41) is 17.9. The summed E-state index contributed by atoms with van der Waals surface area (Å²) < 4.78 is 37.1. The Bertz CT molecular complexity index is 486. The van der Waals surface area contributed by atoms with Crippen LogP contribution in [0.2, 0.25) is 0 Å². The fourth-order valence-corrected chi connectivity index (χ4v) is 1.15. The number of Topliss-reactive ketones (excluding diaryl/α,β-unsaturated/α-hetero) is 1. The summed E-state index contributed by atoms with van der Waals surface area (Å²) in [6, 6.07) is 2.43. The third kappa shape index (κ3) is 2.14. The summed E-state index contributed by atoms with van der Waals surface area (Å²) >= 11 is 0. The number of halogens is 3. The van der Waals surface area contributed by atoms with E-state index in [1.165, 1.54) is 6.07 Å². The van der Waals surface area contributed by atoms with E-state index in [1.54, 1.807) is 0 Å². The van der Waals surface area contributed by atoms with Gasteiger partial charge in [0, 0.05) is 0 Å². The second kappa shape index (κ2) is 3.85. The molecule has 0 aliphatic heterocycles. The highest BCUT2D eigenvalue weighted by Crippen LogP contribution is 2.34. The molecule has 16 heavy (non-hydrogen) atoms. The average Bonchev–Trinajstić information content (AvgIpc) is 2.15. The van der Waals surface area contributed by atoms with Gasteiger partial charge in [0.05, 0.1) is 16.7 Å². The lowest BCUT2D eigenvalue weighted by Crippen LogP contribution is -2.08. The summed E-state index contributed by atoms with van der Waals surface area (Å²) in [6.07, 6.45) is -4.66. The van der Waals surface area contributed by atoms with Crippen LogP contribution in [0.25, 0.3) is 0 Å². The van der Waals surface area contributed by atoms with Crippen molar-refractivity contribution in [2.45, 2.75) is 13.1 Å². The number of carbonyl (C=O) groups excluding carboxylic acids is 1. The molecule has 0 saturated carbocycles. The maximum Gasteiger partial charge on any atom is 0.416 e. The molecule has 1 aromatic rings. The molecule has 1 rings (SSSR count). The van der Waals surface area contributed by atoms with E-state index in [1.807, 2.05) is 0 Å². The molecule has 0 unspecified atom stereocenters. The second-order valence-electron chi connectivity index (χ2n) is 3.09. The van der Waals surface area contributed by atoms with Crippen LogP contribution < -0.4 is 0 Å². The van der Waals surface area contributed by atoms with Gasteiger partial charge >= 0.3 is 6.18 Å². The summed E-state index contributed by atoms with van der Waals surface area (Å²) in [5.41, 5.74) is -2.21. The molecule has 6 heteroatoms. The van der Waals surface area contributed by atoms with Crippen molar-refractivity contribution >= 4 is 5.78 Å². The molecule has 0 bridgehead atoms. The van der Waals surface area contributed by atoms with Crippen LogP contribution >= 0.6 is 0 Å². The Morgan fingerprint density at radius 3 is 2.38 bits per heavy atom. The highest BCUT2D eigenvalue weighted by Gasteiger charge is 2.32. The van der Waals surface area contributed by atoms with E-state index in [-0.39, 0.29) is 0 Å². The van der Waals surface area contributed by atoms with Crippen molar-refractivity contribution in [3.63, 3.8) is 0 Å². The predicted molar refractivity (Wildman–Crippen MR) is 47.8 cm³/mol. The van der Waals surface area contributed by atoms with Crippen molar-refractivity contribution in [3.05, 3.63) is 28.8 Å². The fraction of sp³-hybridized carbons (Fsp3) is 0.200. The number of phenols is 1. The summed E-state index contributed by atoms with van der Waals surface area (Å²) in [6.45, 7) is 1.01. The topological polar surface area (TPSA) is 61.1 Å². The maximum absolute atomic E-state index is 12.4. The van der Waals surface area contributed by atoms with Gasteiger partial charge in [-0.2, -0.15) is 18.4 Å². The van der Waals surface area contributed by atoms with Crippen molar-refractivity contribution in [3.8, 4) is 11.8 Å². The Morgan fingerprint density at radius 1 is 1.44 bits per heavy atom. The van der Waals surface area contributed by atoms with Crippen molar-refractivity contribution in [1.29, 1.82) is 5.26 Å². The van der Waals surface area contributed by atoms with E-state index >= 15 is 0 Å². The third-order valence-electron chi connectivity index (χ3n) is 1.94. The van der Waals surface area contributed by atoms with Gasteiger partial charge in [-0.15, -0.1) is 0 Å². The number of hydrogen-bond acceptors (Lipinski definition) is 3. The van der Waals surface area contributed by atoms with Crippen LogP contribution in [0, 0.1) is 11.3 Å². The van der Waals surface area contributed by atoms with Gasteiger partial charge < -0.3 is 5.11 Å². The van der Waals surface area contributed by atoms with Crippen molar-refractivity contribution in [2.24, 2.45) is 0 Å². The molecule has 3 nitrogen and oxygen atoms in total. The number of hydrogen-bond donors (Lipinski definition) is 1. The first-order valence-corrected chi connectivity index (χ1v) is 4.12. The van der Waals surface area contributed by atoms with Crippen LogP contribution in [0.15, 0.2) is 12.1 Å². The van der Waals surface area contributed by atoms with Crippen LogP contribution in [0.3, 0.4) is 0 Å². The van der Waals surface area contributed by atoms with Crippen LogP contribution in [-0.2, 0) is 6.18 Å². The number of nitriles is 1. The first-order valence-electron chi connectivity index (χ1n) is 4.12. The van der Waals surface area contributed by atoms with Crippen LogP contribution in [0.5, 0.6) is 5.75 Å². The Hall–Kier alpha value is -2.03. The first-order chi connectivity index (χ1) is 7.27. The highest BCUT2D eigenvalue weighted by molar-refractivity contribution is 5.97. The van der Waals surface area contributed by atoms with Gasteiger partial charge in [0.2, 0.25) is 0 Å². The zero-order chi connectivity index (χ0) is 12.5. The lowest BCUT2D eigenvalue weighted by molar-refractivity contribution is -0.137. The lowest BCUT2D eigenvalue weighted by Gasteiger charge is -2.10. The normalized spacial score (nSPS) is 10.9. The Morgan fingerprint density at radius 2 is 2.00 bits per heavy atom. The quantitative estimate of drug-likeness (QED) is 0.752. The number of aromatic hydroxyl groups is 1. The molecule has 0 fully saturated rings. The molecular formula is C10H6F3NO2. The Kier molecular flexibility index (Phi) is 2.90. The first kappa shape index (κ1) is 12.0.